The van der Waals surface area contributed by atoms with Gasteiger partial charge in [0, 0.05) is 21.7 Å². The van der Waals surface area contributed by atoms with Gasteiger partial charge in [-0.3, -0.25) is 4.79 Å². The van der Waals surface area contributed by atoms with E-state index in [9.17, 15) is 14.4 Å². The number of carbonyl (C=O) groups is 1. The summed E-state index contributed by atoms with van der Waals surface area (Å²) in [7, 11) is 0. The molecule has 0 radical (unpaired) electrons. The van der Waals surface area contributed by atoms with Gasteiger partial charge in [0.2, 0.25) is 0 Å². The van der Waals surface area contributed by atoms with E-state index in [1.165, 1.54) is 12.1 Å². The van der Waals surface area contributed by atoms with Crippen molar-refractivity contribution in [1.29, 1.82) is 5.26 Å². The minimum atomic E-state index is -0.325. The Morgan fingerprint density at radius 1 is 1.16 bits per heavy atom. The molecule has 0 spiro atoms. The molecule has 0 saturated heterocycles. The Labute approximate surface area is 191 Å². The highest BCUT2D eigenvalue weighted by Crippen LogP contribution is 2.51. The van der Waals surface area contributed by atoms with Crippen LogP contribution in [0, 0.1) is 17.1 Å². The first-order chi connectivity index (χ1) is 15.5. The second-order valence-corrected chi connectivity index (χ2v) is 8.98. The molecule has 1 saturated carbocycles. The van der Waals surface area contributed by atoms with Gasteiger partial charge in [-0.25, -0.2) is 4.39 Å². The van der Waals surface area contributed by atoms with Crippen LogP contribution in [0.4, 0.5) is 4.39 Å². The summed E-state index contributed by atoms with van der Waals surface area (Å²) < 4.78 is 24.9. The summed E-state index contributed by atoms with van der Waals surface area (Å²) in [4.78, 5) is 13.6. The lowest BCUT2D eigenvalue weighted by Crippen LogP contribution is -2.05. The number of thiophene rings is 1. The minimum absolute atomic E-state index is 0.203. The second-order valence-electron chi connectivity index (χ2n) is 7.90. The highest BCUT2D eigenvalue weighted by Gasteiger charge is 2.46. The molecule has 0 atom stereocenters. The summed E-state index contributed by atoms with van der Waals surface area (Å²) in [5, 5.41) is 9.46. The highest BCUT2D eigenvalue weighted by atomic mass is 32.1. The molecule has 1 heterocycles. The maximum absolute atomic E-state index is 14.0. The molecule has 2 aromatic carbocycles. The van der Waals surface area contributed by atoms with Crippen molar-refractivity contribution >= 4 is 17.3 Å². The molecule has 164 valence electrons. The quantitative estimate of drug-likeness (QED) is 0.366. The monoisotopic (exact) mass is 449 g/mol. The van der Waals surface area contributed by atoms with Gasteiger partial charge in [-0.2, -0.15) is 5.26 Å². The van der Waals surface area contributed by atoms with E-state index in [2.05, 4.69) is 6.07 Å². The largest absolute Gasteiger partial charge is 0.489 e. The average Bonchev–Trinajstić information content (AvgIpc) is 3.45. The molecule has 6 heteroatoms. The maximum atomic E-state index is 14.0. The van der Waals surface area contributed by atoms with Crippen molar-refractivity contribution < 1.29 is 18.7 Å². The summed E-state index contributed by atoms with van der Waals surface area (Å²) in [6, 6.07) is 18.7. The number of esters is 1. The molecule has 1 aliphatic carbocycles. The first-order valence-corrected chi connectivity index (χ1v) is 11.5. The molecule has 4 nitrogen and oxygen atoms in total. The standard InChI is InChI=1S/C26H24FNO3S/c1-2-30-25(29)12-5-18-3-7-21(8-4-18)31-16-19-15-20(27)6-9-22(19)23-10-11-24(32-23)26(17-28)13-14-26/h3-4,6-11,15H,2,5,12-14,16H2,1H3. The van der Waals surface area contributed by atoms with E-state index in [1.54, 1.807) is 24.3 Å². The van der Waals surface area contributed by atoms with Gasteiger partial charge >= 0.3 is 5.97 Å². The minimum Gasteiger partial charge on any atom is -0.489 e. The number of hydrogen-bond donors (Lipinski definition) is 0. The molecule has 1 aromatic heterocycles. The Morgan fingerprint density at radius 3 is 2.62 bits per heavy atom. The number of rotatable bonds is 9. The van der Waals surface area contributed by atoms with Crippen LogP contribution in [-0.2, 0) is 28.0 Å². The molecule has 0 amide bonds. The molecule has 3 aromatic rings. The number of nitriles is 1. The van der Waals surface area contributed by atoms with Gasteiger partial charge < -0.3 is 9.47 Å². The third-order valence-electron chi connectivity index (χ3n) is 5.62. The zero-order valence-electron chi connectivity index (χ0n) is 17.9. The van der Waals surface area contributed by atoms with Crippen molar-refractivity contribution in [2.24, 2.45) is 0 Å². The Balaban J connectivity index is 1.43. The third-order valence-corrected chi connectivity index (χ3v) is 6.94. The van der Waals surface area contributed by atoms with Crippen LogP contribution in [-0.4, -0.2) is 12.6 Å². The zero-order chi connectivity index (χ0) is 22.6. The van der Waals surface area contributed by atoms with Crippen LogP contribution >= 0.6 is 11.3 Å². The van der Waals surface area contributed by atoms with Gasteiger partial charge in [-0.1, -0.05) is 18.2 Å². The average molecular weight is 450 g/mol. The maximum Gasteiger partial charge on any atom is 0.306 e. The van der Waals surface area contributed by atoms with E-state index in [0.29, 0.717) is 25.2 Å². The topological polar surface area (TPSA) is 59.3 Å². The normalized spacial score (nSPS) is 13.9. The molecular formula is C26H24FNO3S. The number of aryl methyl sites for hydroxylation is 1. The van der Waals surface area contributed by atoms with E-state index < -0.39 is 0 Å². The Morgan fingerprint density at radius 2 is 1.94 bits per heavy atom. The van der Waals surface area contributed by atoms with Crippen LogP contribution < -0.4 is 4.74 Å². The number of ether oxygens (including phenoxy) is 2. The Kier molecular flexibility index (Phi) is 6.57. The van der Waals surface area contributed by atoms with Crippen LogP contribution in [0.15, 0.2) is 54.6 Å². The lowest BCUT2D eigenvalue weighted by Gasteiger charge is -2.11. The summed E-state index contributed by atoms with van der Waals surface area (Å²) in [6.07, 6.45) is 2.76. The number of halogens is 1. The fraction of sp³-hybridized carbons (Fsp3) is 0.308. The SMILES string of the molecule is CCOC(=O)CCc1ccc(OCc2cc(F)ccc2-c2ccc(C3(C#N)CC3)s2)cc1. The van der Waals surface area contributed by atoms with E-state index in [4.69, 9.17) is 9.47 Å². The molecule has 4 rings (SSSR count). The number of nitrogens with zero attached hydrogens (tertiary/aromatic N) is 1. The van der Waals surface area contributed by atoms with E-state index >= 15 is 0 Å². The van der Waals surface area contributed by atoms with Crippen molar-refractivity contribution in [3.8, 4) is 22.3 Å². The van der Waals surface area contributed by atoms with Crippen molar-refractivity contribution in [1.82, 2.24) is 0 Å². The fourth-order valence-electron chi connectivity index (χ4n) is 3.59. The van der Waals surface area contributed by atoms with Crippen molar-refractivity contribution in [3.05, 3.63) is 76.4 Å². The summed E-state index contributed by atoms with van der Waals surface area (Å²) in [5.41, 5.74) is 2.37. The van der Waals surface area contributed by atoms with Crippen LogP contribution in [0.5, 0.6) is 5.75 Å². The van der Waals surface area contributed by atoms with Crippen molar-refractivity contribution in [3.63, 3.8) is 0 Å². The molecule has 1 aliphatic rings. The molecule has 1 fully saturated rings. The summed E-state index contributed by atoms with van der Waals surface area (Å²) in [5.74, 6) is 0.160. The van der Waals surface area contributed by atoms with Gasteiger partial charge in [0.05, 0.1) is 18.1 Å². The molecular weight excluding hydrogens is 425 g/mol. The van der Waals surface area contributed by atoms with Gasteiger partial charge in [-0.05, 0) is 73.7 Å². The van der Waals surface area contributed by atoms with Crippen molar-refractivity contribution in [2.45, 2.75) is 44.6 Å². The van der Waals surface area contributed by atoms with Crippen LogP contribution in [0.2, 0.25) is 0 Å². The first-order valence-electron chi connectivity index (χ1n) is 10.7. The molecule has 0 aliphatic heterocycles. The Bertz CT molecular complexity index is 1140. The fourth-order valence-corrected chi connectivity index (χ4v) is 4.86. The first kappa shape index (κ1) is 22.0. The van der Waals surface area contributed by atoms with Gasteiger partial charge in [-0.15, -0.1) is 11.3 Å². The van der Waals surface area contributed by atoms with Crippen molar-refractivity contribution in [2.75, 3.05) is 6.61 Å². The lowest BCUT2D eigenvalue weighted by atomic mass is 10.1. The number of hydrogen-bond acceptors (Lipinski definition) is 5. The van der Waals surface area contributed by atoms with Gasteiger partial charge in [0.15, 0.2) is 0 Å². The van der Waals surface area contributed by atoms with Crippen LogP contribution in [0.3, 0.4) is 0 Å². The molecule has 0 bridgehead atoms. The van der Waals surface area contributed by atoms with Crippen LogP contribution in [0.1, 0.15) is 42.2 Å². The van der Waals surface area contributed by atoms with E-state index in [1.807, 2.05) is 36.4 Å². The predicted octanol–water partition coefficient (Wildman–Crippen LogP) is 6.18. The van der Waals surface area contributed by atoms with Gasteiger partial charge in [0.25, 0.3) is 0 Å². The number of carbonyl (C=O) groups excluding carboxylic acids is 1. The molecule has 32 heavy (non-hydrogen) atoms. The second kappa shape index (κ2) is 9.54. The van der Waals surface area contributed by atoms with Gasteiger partial charge in [0.1, 0.15) is 18.2 Å². The number of benzene rings is 2. The molecule has 0 unspecified atom stereocenters. The van der Waals surface area contributed by atoms with E-state index in [0.717, 1.165) is 39.3 Å². The summed E-state index contributed by atoms with van der Waals surface area (Å²) in [6.45, 7) is 2.41. The summed E-state index contributed by atoms with van der Waals surface area (Å²) >= 11 is 1.60. The highest BCUT2D eigenvalue weighted by molar-refractivity contribution is 7.15. The zero-order valence-corrected chi connectivity index (χ0v) is 18.7. The van der Waals surface area contributed by atoms with E-state index in [-0.39, 0.29) is 23.8 Å². The van der Waals surface area contributed by atoms with Crippen LogP contribution in [0.25, 0.3) is 10.4 Å². The lowest BCUT2D eigenvalue weighted by molar-refractivity contribution is -0.143. The Hall–Kier alpha value is -3.17. The smallest absolute Gasteiger partial charge is 0.306 e. The molecule has 0 N–H and O–H groups in total. The third kappa shape index (κ3) is 5.00. The predicted molar refractivity (Wildman–Crippen MR) is 122 cm³/mol.